The molecule has 1 nitrogen and oxygen atoms in total. The minimum Gasteiger partial charge on any atom is -0.198 e. The number of benzene rings is 1. The van der Waals surface area contributed by atoms with Gasteiger partial charge in [0.1, 0.15) is 0 Å². The van der Waals surface area contributed by atoms with Gasteiger partial charge in [-0.3, -0.25) is 0 Å². The second-order valence-electron chi connectivity index (χ2n) is 2.76. The largest absolute Gasteiger partial charge is 0.198 e. The molecule has 1 heteroatoms. The molecule has 0 aliphatic carbocycles. The Morgan fingerprint density at radius 3 is 2.00 bits per heavy atom. The molecule has 1 atom stereocenters. The normalized spacial score (nSPS) is 10.7. The molecule has 0 fully saturated rings. The van der Waals surface area contributed by atoms with E-state index in [0.717, 1.165) is 5.56 Å². The standard InChI is InChI=1S/C10H11N.C2H6/c1-8-3-5-10(6-4-8)9(2)7-11;1-2/h3-6,9H,1-2H3;1-2H3. The molecule has 1 aromatic rings. The molecular weight excluding hydrogens is 158 g/mol. The highest BCUT2D eigenvalue weighted by molar-refractivity contribution is 5.27. The summed E-state index contributed by atoms with van der Waals surface area (Å²) in [6.07, 6.45) is 0. The number of hydrogen-bond acceptors (Lipinski definition) is 1. The summed E-state index contributed by atoms with van der Waals surface area (Å²) >= 11 is 0. The zero-order valence-corrected chi connectivity index (χ0v) is 8.83. The van der Waals surface area contributed by atoms with Crippen LogP contribution in [0.2, 0.25) is 0 Å². The SMILES string of the molecule is CC.Cc1ccc(C(C)C#N)cc1. The monoisotopic (exact) mass is 175 g/mol. The predicted octanol–water partition coefficient (Wildman–Crippen LogP) is 3.65. The number of aryl methyl sites for hydroxylation is 1. The van der Waals surface area contributed by atoms with E-state index >= 15 is 0 Å². The van der Waals surface area contributed by atoms with Gasteiger partial charge in [0, 0.05) is 0 Å². The first-order valence-electron chi connectivity index (χ1n) is 4.70. The van der Waals surface area contributed by atoms with E-state index in [1.165, 1.54) is 5.56 Å². The summed E-state index contributed by atoms with van der Waals surface area (Å²) < 4.78 is 0. The van der Waals surface area contributed by atoms with E-state index in [0.29, 0.717) is 0 Å². The minimum absolute atomic E-state index is 0.00981. The molecule has 1 aromatic carbocycles. The van der Waals surface area contributed by atoms with Crippen LogP contribution >= 0.6 is 0 Å². The lowest BCUT2D eigenvalue weighted by Crippen LogP contribution is -1.88. The Morgan fingerprint density at radius 1 is 1.15 bits per heavy atom. The minimum atomic E-state index is 0.00981. The van der Waals surface area contributed by atoms with Crippen LogP contribution in [0.3, 0.4) is 0 Å². The summed E-state index contributed by atoms with van der Waals surface area (Å²) in [6.45, 7) is 7.95. The first-order chi connectivity index (χ1) is 6.24. The summed E-state index contributed by atoms with van der Waals surface area (Å²) in [5.41, 5.74) is 2.33. The van der Waals surface area contributed by atoms with Crippen molar-refractivity contribution in [2.45, 2.75) is 33.6 Å². The number of rotatable bonds is 1. The van der Waals surface area contributed by atoms with Crippen LogP contribution in [0.25, 0.3) is 0 Å². The smallest absolute Gasteiger partial charge is 0.0700 e. The van der Waals surface area contributed by atoms with Crippen molar-refractivity contribution >= 4 is 0 Å². The van der Waals surface area contributed by atoms with Crippen molar-refractivity contribution < 1.29 is 0 Å². The summed E-state index contributed by atoms with van der Waals surface area (Å²) in [6, 6.07) is 10.3. The molecule has 70 valence electrons. The second-order valence-corrected chi connectivity index (χ2v) is 2.76. The molecule has 0 saturated heterocycles. The fourth-order valence-electron chi connectivity index (χ4n) is 0.930. The van der Waals surface area contributed by atoms with Gasteiger partial charge >= 0.3 is 0 Å². The van der Waals surface area contributed by atoms with Crippen molar-refractivity contribution in [1.82, 2.24) is 0 Å². The van der Waals surface area contributed by atoms with Gasteiger partial charge in [0.2, 0.25) is 0 Å². The van der Waals surface area contributed by atoms with E-state index in [4.69, 9.17) is 5.26 Å². The Morgan fingerprint density at radius 2 is 1.62 bits per heavy atom. The topological polar surface area (TPSA) is 23.8 Å². The van der Waals surface area contributed by atoms with E-state index in [2.05, 4.69) is 6.07 Å². The maximum atomic E-state index is 8.61. The highest BCUT2D eigenvalue weighted by atomic mass is 14.3. The van der Waals surface area contributed by atoms with Crippen molar-refractivity contribution in [1.29, 1.82) is 5.26 Å². The summed E-state index contributed by atoms with van der Waals surface area (Å²) in [7, 11) is 0. The van der Waals surface area contributed by atoms with E-state index < -0.39 is 0 Å². The fourth-order valence-corrected chi connectivity index (χ4v) is 0.930. The van der Waals surface area contributed by atoms with Gasteiger partial charge in [0.15, 0.2) is 0 Å². The zero-order chi connectivity index (χ0) is 10.3. The van der Waals surface area contributed by atoms with Crippen molar-refractivity contribution in [3.05, 3.63) is 35.4 Å². The van der Waals surface area contributed by atoms with Crippen LogP contribution < -0.4 is 0 Å². The van der Waals surface area contributed by atoms with E-state index in [9.17, 15) is 0 Å². The average molecular weight is 175 g/mol. The van der Waals surface area contributed by atoms with Crippen molar-refractivity contribution in [3.8, 4) is 6.07 Å². The first-order valence-corrected chi connectivity index (χ1v) is 4.70. The van der Waals surface area contributed by atoms with Gasteiger partial charge in [-0.05, 0) is 19.4 Å². The molecule has 0 radical (unpaired) electrons. The van der Waals surface area contributed by atoms with E-state index in [1.54, 1.807) is 0 Å². The third-order valence-corrected chi connectivity index (χ3v) is 1.77. The molecule has 1 unspecified atom stereocenters. The lowest BCUT2D eigenvalue weighted by molar-refractivity contribution is 0.980. The van der Waals surface area contributed by atoms with Gasteiger partial charge in [-0.2, -0.15) is 5.26 Å². The predicted molar refractivity (Wildman–Crippen MR) is 56.6 cm³/mol. The molecule has 0 aliphatic rings. The third-order valence-electron chi connectivity index (χ3n) is 1.77. The fraction of sp³-hybridized carbons (Fsp3) is 0.417. The van der Waals surface area contributed by atoms with Crippen molar-refractivity contribution in [2.24, 2.45) is 0 Å². The maximum absolute atomic E-state index is 8.61. The van der Waals surface area contributed by atoms with Crippen LogP contribution in [0.4, 0.5) is 0 Å². The van der Waals surface area contributed by atoms with Gasteiger partial charge < -0.3 is 0 Å². The average Bonchev–Trinajstić information content (AvgIpc) is 2.21. The highest BCUT2D eigenvalue weighted by Crippen LogP contribution is 2.13. The summed E-state index contributed by atoms with van der Waals surface area (Å²) in [4.78, 5) is 0. The van der Waals surface area contributed by atoms with Crippen molar-refractivity contribution in [3.63, 3.8) is 0 Å². The molecule has 0 bridgehead atoms. The Hall–Kier alpha value is -1.29. The van der Waals surface area contributed by atoms with Crippen LogP contribution in [0, 0.1) is 18.3 Å². The second kappa shape index (κ2) is 6.25. The van der Waals surface area contributed by atoms with E-state index in [1.807, 2.05) is 52.0 Å². The Kier molecular flexibility index (Phi) is 5.63. The van der Waals surface area contributed by atoms with Crippen LogP contribution in [0.15, 0.2) is 24.3 Å². The number of nitriles is 1. The lowest BCUT2D eigenvalue weighted by Gasteiger charge is -2.01. The molecule has 0 N–H and O–H groups in total. The highest BCUT2D eigenvalue weighted by Gasteiger charge is 2.00. The summed E-state index contributed by atoms with van der Waals surface area (Å²) in [5.74, 6) is 0.00981. The summed E-state index contributed by atoms with van der Waals surface area (Å²) in [5, 5.41) is 8.61. The quantitative estimate of drug-likeness (QED) is 0.639. The molecule has 0 saturated carbocycles. The molecular formula is C12H17N. The van der Waals surface area contributed by atoms with Crippen molar-refractivity contribution in [2.75, 3.05) is 0 Å². The first kappa shape index (κ1) is 11.7. The zero-order valence-electron chi connectivity index (χ0n) is 8.83. The van der Waals surface area contributed by atoms with Gasteiger partial charge in [-0.1, -0.05) is 43.7 Å². The lowest BCUT2D eigenvalue weighted by atomic mass is 10.0. The Bertz CT molecular complexity index is 266. The maximum Gasteiger partial charge on any atom is 0.0700 e. The molecule has 0 aromatic heterocycles. The molecule has 0 heterocycles. The Balaban J connectivity index is 0.000000671. The molecule has 1 rings (SSSR count). The Labute approximate surface area is 81.0 Å². The van der Waals surface area contributed by atoms with Gasteiger partial charge in [0.25, 0.3) is 0 Å². The van der Waals surface area contributed by atoms with Crippen LogP contribution in [0.5, 0.6) is 0 Å². The van der Waals surface area contributed by atoms with Gasteiger partial charge in [-0.25, -0.2) is 0 Å². The van der Waals surface area contributed by atoms with Crippen LogP contribution in [0.1, 0.15) is 37.8 Å². The number of hydrogen-bond donors (Lipinski definition) is 0. The van der Waals surface area contributed by atoms with Crippen LogP contribution in [-0.2, 0) is 0 Å². The van der Waals surface area contributed by atoms with E-state index in [-0.39, 0.29) is 5.92 Å². The molecule has 13 heavy (non-hydrogen) atoms. The number of nitrogens with zero attached hydrogens (tertiary/aromatic N) is 1. The van der Waals surface area contributed by atoms with Gasteiger partial charge in [-0.15, -0.1) is 0 Å². The van der Waals surface area contributed by atoms with Crippen LogP contribution in [-0.4, -0.2) is 0 Å². The van der Waals surface area contributed by atoms with Gasteiger partial charge in [0.05, 0.1) is 12.0 Å². The molecule has 0 spiro atoms. The third kappa shape index (κ3) is 3.75. The molecule has 0 aliphatic heterocycles. The molecule has 0 amide bonds.